The summed E-state index contributed by atoms with van der Waals surface area (Å²) in [7, 11) is 1.71. The lowest BCUT2D eigenvalue weighted by Gasteiger charge is -2.31. The molecule has 3 aromatic rings. The Morgan fingerprint density at radius 3 is 2.43 bits per heavy atom. The second-order valence-corrected chi connectivity index (χ2v) is 8.15. The fourth-order valence-electron chi connectivity index (χ4n) is 4.16. The van der Waals surface area contributed by atoms with Crippen molar-refractivity contribution in [2.45, 2.75) is 39.2 Å². The average Bonchev–Trinajstić information content (AvgIpc) is 2.78. The Bertz CT molecular complexity index is 1030. The molecule has 0 unspecified atom stereocenters. The number of rotatable bonds is 5. The first-order chi connectivity index (χ1) is 14.6. The topological polar surface area (TPSA) is 42.4 Å². The smallest absolute Gasteiger partial charge is 0.227 e. The fourth-order valence-corrected chi connectivity index (χ4v) is 4.16. The van der Waals surface area contributed by atoms with E-state index in [4.69, 9.17) is 4.74 Å². The minimum absolute atomic E-state index is 0.168. The number of amides is 1. The molecule has 0 fully saturated rings. The van der Waals surface area contributed by atoms with E-state index < -0.39 is 0 Å². The van der Waals surface area contributed by atoms with Crippen molar-refractivity contribution < 1.29 is 9.53 Å². The molecule has 1 amide bonds. The first-order valence-corrected chi connectivity index (χ1v) is 10.5. The van der Waals surface area contributed by atoms with Crippen LogP contribution in [0, 0.1) is 0 Å². The summed E-state index contributed by atoms with van der Waals surface area (Å²) >= 11 is 0. The van der Waals surface area contributed by atoms with E-state index in [9.17, 15) is 4.79 Å². The van der Waals surface area contributed by atoms with Gasteiger partial charge in [-0.1, -0.05) is 44.2 Å². The number of benzene rings is 2. The van der Waals surface area contributed by atoms with Gasteiger partial charge >= 0.3 is 0 Å². The van der Waals surface area contributed by atoms with Gasteiger partial charge in [0.15, 0.2) is 0 Å². The van der Waals surface area contributed by atoms with Crippen LogP contribution in [0.5, 0.6) is 5.75 Å². The highest BCUT2D eigenvalue weighted by Crippen LogP contribution is 2.36. The van der Waals surface area contributed by atoms with Gasteiger partial charge in [0, 0.05) is 31.0 Å². The Kier molecular flexibility index (Phi) is 5.84. The molecule has 0 radical (unpaired) electrons. The van der Waals surface area contributed by atoms with Gasteiger partial charge in [0.1, 0.15) is 5.75 Å². The summed E-state index contributed by atoms with van der Waals surface area (Å²) in [5.41, 5.74) is 7.00. The van der Waals surface area contributed by atoms with Crippen molar-refractivity contribution in [3.63, 3.8) is 0 Å². The largest absolute Gasteiger partial charge is 0.496 e. The molecule has 0 bridgehead atoms. The van der Waals surface area contributed by atoms with Gasteiger partial charge < -0.3 is 9.64 Å². The number of carbonyl (C=O) groups excluding carboxylic acids is 1. The second-order valence-electron chi connectivity index (χ2n) is 8.15. The van der Waals surface area contributed by atoms with Gasteiger partial charge in [0.2, 0.25) is 5.91 Å². The molecule has 154 valence electrons. The van der Waals surface area contributed by atoms with E-state index in [0.717, 1.165) is 28.9 Å². The Hall–Kier alpha value is -3.14. The highest BCUT2D eigenvalue weighted by atomic mass is 16.5. The van der Waals surface area contributed by atoms with Crippen LogP contribution < -0.4 is 4.74 Å². The second kappa shape index (κ2) is 8.70. The molecule has 1 aliphatic rings. The molecule has 1 aliphatic heterocycles. The molecular weight excluding hydrogens is 372 g/mol. The summed E-state index contributed by atoms with van der Waals surface area (Å²) in [6.45, 7) is 5.68. The van der Waals surface area contributed by atoms with Crippen LogP contribution in [-0.2, 0) is 24.2 Å². The summed E-state index contributed by atoms with van der Waals surface area (Å²) in [6.07, 6.45) is 4.84. The Labute approximate surface area is 178 Å². The number of nitrogens with zero attached hydrogens (tertiary/aromatic N) is 2. The lowest BCUT2D eigenvalue weighted by Crippen LogP contribution is -2.37. The van der Waals surface area contributed by atoms with E-state index >= 15 is 0 Å². The lowest BCUT2D eigenvalue weighted by molar-refractivity contribution is -0.131. The van der Waals surface area contributed by atoms with Crippen LogP contribution in [0.3, 0.4) is 0 Å². The number of methoxy groups -OCH3 is 1. The number of hydrogen-bond donors (Lipinski definition) is 0. The minimum Gasteiger partial charge on any atom is -0.496 e. The number of ether oxygens (including phenoxy) is 1. The standard InChI is InChI=1S/C26H28N2O2/c1-18(2)20-6-4-19(5-7-20)16-26(29)28-15-12-23-24(17-28)22(8-9-25(23)30-3)21-10-13-27-14-11-21/h4-11,13-14,18H,12,15-17H2,1-3H3. The van der Waals surface area contributed by atoms with Gasteiger partial charge in [-0.25, -0.2) is 0 Å². The molecule has 4 nitrogen and oxygen atoms in total. The zero-order chi connectivity index (χ0) is 21.1. The van der Waals surface area contributed by atoms with Gasteiger partial charge in [-0.15, -0.1) is 0 Å². The monoisotopic (exact) mass is 400 g/mol. The molecule has 2 heterocycles. The van der Waals surface area contributed by atoms with Crippen molar-refractivity contribution in [3.8, 4) is 16.9 Å². The Morgan fingerprint density at radius 1 is 1.03 bits per heavy atom. The molecule has 2 aromatic carbocycles. The van der Waals surface area contributed by atoms with Crippen LogP contribution in [-0.4, -0.2) is 29.4 Å². The van der Waals surface area contributed by atoms with Gasteiger partial charge in [-0.3, -0.25) is 9.78 Å². The maximum absolute atomic E-state index is 13.1. The van der Waals surface area contributed by atoms with Crippen molar-refractivity contribution in [1.29, 1.82) is 0 Å². The lowest BCUT2D eigenvalue weighted by atomic mass is 9.90. The Morgan fingerprint density at radius 2 is 1.77 bits per heavy atom. The normalized spacial score (nSPS) is 13.3. The van der Waals surface area contributed by atoms with E-state index in [1.165, 1.54) is 16.7 Å². The summed E-state index contributed by atoms with van der Waals surface area (Å²) in [6, 6.07) is 16.6. The van der Waals surface area contributed by atoms with E-state index in [1.54, 1.807) is 19.5 Å². The predicted octanol–water partition coefficient (Wildman–Crippen LogP) is 5.01. The average molecular weight is 401 g/mol. The van der Waals surface area contributed by atoms with E-state index in [2.05, 4.69) is 49.2 Å². The zero-order valence-corrected chi connectivity index (χ0v) is 17.9. The maximum Gasteiger partial charge on any atom is 0.227 e. The molecule has 0 aliphatic carbocycles. The minimum atomic E-state index is 0.168. The summed E-state index contributed by atoms with van der Waals surface area (Å²) in [4.78, 5) is 19.2. The molecule has 4 heteroatoms. The third kappa shape index (κ3) is 4.09. The summed E-state index contributed by atoms with van der Waals surface area (Å²) in [5, 5.41) is 0. The SMILES string of the molecule is COc1ccc(-c2ccncc2)c2c1CCN(C(=O)Cc1ccc(C(C)C)cc1)C2. The van der Waals surface area contributed by atoms with Crippen molar-refractivity contribution in [2.24, 2.45) is 0 Å². The van der Waals surface area contributed by atoms with Crippen LogP contribution in [0.4, 0.5) is 0 Å². The van der Waals surface area contributed by atoms with E-state index in [-0.39, 0.29) is 5.91 Å². The van der Waals surface area contributed by atoms with E-state index in [0.29, 0.717) is 25.4 Å². The van der Waals surface area contributed by atoms with E-state index in [1.807, 2.05) is 23.1 Å². The van der Waals surface area contributed by atoms with Crippen molar-refractivity contribution >= 4 is 5.91 Å². The molecule has 30 heavy (non-hydrogen) atoms. The molecule has 0 atom stereocenters. The van der Waals surface area contributed by atoms with Crippen molar-refractivity contribution in [2.75, 3.05) is 13.7 Å². The summed E-state index contributed by atoms with van der Waals surface area (Å²) < 4.78 is 5.61. The third-order valence-corrected chi connectivity index (χ3v) is 5.93. The third-order valence-electron chi connectivity index (χ3n) is 5.93. The first kappa shape index (κ1) is 20.1. The van der Waals surface area contributed by atoms with Gasteiger partial charge in [0.25, 0.3) is 0 Å². The fraction of sp³-hybridized carbons (Fsp3) is 0.308. The van der Waals surface area contributed by atoms with Crippen LogP contribution in [0.1, 0.15) is 42.0 Å². The zero-order valence-electron chi connectivity index (χ0n) is 17.9. The van der Waals surface area contributed by atoms with Crippen LogP contribution >= 0.6 is 0 Å². The first-order valence-electron chi connectivity index (χ1n) is 10.5. The molecule has 0 N–H and O–H groups in total. The highest BCUT2D eigenvalue weighted by Gasteiger charge is 2.25. The van der Waals surface area contributed by atoms with Crippen LogP contribution in [0.25, 0.3) is 11.1 Å². The highest BCUT2D eigenvalue weighted by molar-refractivity contribution is 5.80. The predicted molar refractivity (Wildman–Crippen MR) is 120 cm³/mol. The molecule has 0 spiro atoms. The van der Waals surface area contributed by atoms with Crippen molar-refractivity contribution in [1.82, 2.24) is 9.88 Å². The molecule has 0 saturated carbocycles. The van der Waals surface area contributed by atoms with Crippen LogP contribution in [0.2, 0.25) is 0 Å². The quantitative estimate of drug-likeness (QED) is 0.605. The molecule has 4 rings (SSSR count). The van der Waals surface area contributed by atoms with Gasteiger partial charge in [0.05, 0.1) is 13.5 Å². The van der Waals surface area contributed by atoms with Gasteiger partial charge in [-0.05, 0) is 58.4 Å². The molecule has 0 saturated heterocycles. The summed E-state index contributed by atoms with van der Waals surface area (Å²) in [5.74, 6) is 1.57. The number of hydrogen-bond acceptors (Lipinski definition) is 3. The Balaban J connectivity index is 1.58. The number of pyridine rings is 1. The number of fused-ring (bicyclic) bond motifs is 1. The molecule has 1 aromatic heterocycles. The number of aromatic nitrogens is 1. The molecular formula is C26H28N2O2. The number of carbonyl (C=O) groups is 1. The van der Waals surface area contributed by atoms with Crippen molar-refractivity contribution in [3.05, 3.63) is 83.2 Å². The van der Waals surface area contributed by atoms with Crippen LogP contribution in [0.15, 0.2) is 60.9 Å². The van der Waals surface area contributed by atoms with Gasteiger partial charge in [-0.2, -0.15) is 0 Å². The maximum atomic E-state index is 13.1.